The number of H-pyrrole nitrogens is 1. The number of rotatable bonds is 2. The molecule has 0 aliphatic rings. The molecule has 0 saturated carbocycles. The van der Waals surface area contributed by atoms with Gasteiger partial charge in [0.15, 0.2) is 0 Å². The monoisotopic (exact) mass is 315 g/mol. The third-order valence-corrected chi connectivity index (χ3v) is 3.27. The van der Waals surface area contributed by atoms with Crippen LogP contribution in [0, 0.1) is 0 Å². The molecule has 2 N–H and O–H groups in total. The number of aromatic nitrogens is 2. The van der Waals surface area contributed by atoms with E-state index in [4.69, 9.17) is 0 Å². The summed E-state index contributed by atoms with van der Waals surface area (Å²) in [6.07, 6.45) is 3.46. The molecule has 0 unspecified atom stereocenters. The Morgan fingerprint density at radius 3 is 2.89 bits per heavy atom. The molecule has 2 heterocycles. The molecule has 0 radical (unpaired) electrons. The number of fused-ring (bicyclic) bond motifs is 1. The van der Waals surface area contributed by atoms with Crippen molar-refractivity contribution in [2.45, 2.75) is 0 Å². The fourth-order valence-corrected chi connectivity index (χ4v) is 2.08. The number of carbonyl (C=O) groups excluding carboxylic acids is 1. The van der Waals surface area contributed by atoms with Gasteiger partial charge in [-0.05, 0) is 52.3 Å². The second-order valence-corrected chi connectivity index (χ2v) is 4.92. The highest BCUT2D eigenvalue weighted by atomic mass is 79.9. The van der Waals surface area contributed by atoms with E-state index in [9.17, 15) is 4.79 Å². The quantitative estimate of drug-likeness (QED) is 0.710. The van der Waals surface area contributed by atoms with Crippen LogP contribution in [0.15, 0.2) is 53.4 Å². The van der Waals surface area contributed by atoms with Gasteiger partial charge < -0.3 is 10.3 Å². The van der Waals surface area contributed by atoms with Crippen LogP contribution in [0.25, 0.3) is 10.9 Å². The topological polar surface area (TPSA) is 57.8 Å². The van der Waals surface area contributed by atoms with E-state index in [1.54, 1.807) is 24.4 Å². The van der Waals surface area contributed by atoms with Gasteiger partial charge in [0, 0.05) is 22.7 Å². The summed E-state index contributed by atoms with van der Waals surface area (Å²) < 4.78 is 0.735. The second-order valence-electron chi connectivity index (χ2n) is 4.10. The summed E-state index contributed by atoms with van der Waals surface area (Å²) in [4.78, 5) is 19.3. The highest BCUT2D eigenvalue weighted by Gasteiger charge is 2.07. The molecular formula is C14H10BrN3O. The summed E-state index contributed by atoms with van der Waals surface area (Å²) in [7, 11) is 0. The van der Waals surface area contributed by atoms with Crippen molar-refractivity contribution in [3.63, 3.8) is 0 Å². The Hall–Kier alpha value is -2.14. The standard InChI is InChI=1S/C14H10BrN3O/c15-13-4-2-11(8-17-13)18-14(19)10-1-3-12-9(7-10)5-6-16-12/h1-8,16H,(H,18,19). The lowest BCUT2D eigenvalue weighted by atomic mass is 10.1. The Labute approximate surface area is 118 Å². The van der Waals surface area contributed by atoms with Crippen molar-refractivity contribution in [3.8, 4) is 0 Å². The maximum Gasteiger partial charge on any atom is 0.255 e. The van der Waals surface area contributed by atoms with Gasteiger partial charge in [-0.1, -0.05) is 0 Å². The second kappa shape index (κ2) is 4.85. The van der Waals surface area contributed by atoms with E-state index in [0.717, 1.165) is 15.5 Å². The largest absolute Gasteiger partial charge is 0.361 e. The lowest BCUT2D eigenvalue weighted by molar-refractivity contribution is 0.102. The summed E-state index contributed by atoms with van der Waals surface area (Å²) >= 11 is 3.25. The number of amides is 1. The predicted octanol–water partition coefficient (Wildman–Crippen LogP) is 3.58. The average molecular weight is 316 g/mol. The Kier molecular flexibility index (Phi) is 3.05. The number of benzene rings is 1. The molecule has 0 atom stereocenters. The minimum absolute atomic E-state index is 0.146. The summed E-state index contributed by atoms with van der Waals surface area (Å²) in [5.41, 5.74) is 2.30. The van der Waals surface area contributed by atoms with E-state index >= 15 is 0 Å². The van der Waals surface area contributed by atoms with Crippen LogP contribution in [0.3, 0.4) is 0 Å². The fraction of sp³-hybridized carbons (Fsp3) is 0. The predicted molar refractivity (Wildman–Crippen MR) is 78.2 cm³/mol. The molecule has 1 aromatic carbocycles. The number of anilines is 1. The van der Waals surface area contributed by atoms with Crippen LogP contribution in [-0.4, -0.2) is 15.9 Å². The van der Waals surface area contributed by atoms with Crippen LogP contribution in [0.5, 0.6) is 0 Å². The maximum absolute atomic E-state index is 12.1. The molecule has 1 amide bonds. The number of carbonyl (C=O) groups is 1. The molecule has 94 valence electrons. The minimum atomic E-state index is -0.146. The molecule has 0 aliphatic carbocycles. The first-order chi connectivity index (χ1) is 9.22. The molecule has 5 heteroatoms. The summed E-state index contributed by atoms with van der Waals surface area (Å²) in [5, 5.41) is 3.83. The van der Waals surface area contributed by atoms with Crippen LogP contribution >= 0.6 is 15.9 Å². The van der Waals surface area contributed by atoms with Gasteiger partial charge in [-0.25, -0.2) is 4.98 Å². The SMILES string of the molecule is O=C(Nc1ccc(Br)nc1)c1ccc2[nH]ccc2c1. The van der Waals surface area contributed by atoms with Gasteiger partial charge in [0.2, 0.25) is 0 Å². The fourth-order valence-electron chi connectivity index (χ4n) is 1.85. The first-order valence-corrected chi connectivity index (χ1v) is 6.52. The average Bonchev–Trinajstić information content (AvgIpc) is 2.88. The Morgan fingerprint density at radius 2 is 2.11 bits per heavy atom. The molecule has 0 spiro atoms. The highest BCUT2D eigenvalue weighted by molar-refractivity contribution is 9.10. The van der Waals surface area contributed by atoms with E-state index in [2.05, 4.69) is 31.2 Å². The van der Waals surface area contributed by atoms with Crippen molar-refractivity contribution in [1.29, 1.82) is 0 Å². The normalized spacial score (nSPS) is 10.6. The molecular weight excluding hydrogens is 306 g/mol. The Balaban J connectivity index is 1.84. The van der Waals surface area contributed by atoms with E-state index in [1.165, 1.54) is 0 Å². The lowest BCUT2D eigenvalue weighted by Crippen LogP contribution is -2.11. The number of nitrogens with zero attached hydrogens (tertiary/aromatic N) is 1. The first-order valence-electron chi connectivity index (χ1n) is 5.72. The number of hydrogen-bond donors (Lipinski definition) is 2. The molecule has 3 aromatic rings. The van der Waals surface area contributed by atoms with Crippen molar-refractivity contribution >= 4 is 38.4 Å². The zero-order chi connectivity index (χ0) is 13.2. The number of halogens is 1. The van der Waals surface area contributed by atoms with Crippen LogP contribution < -0.4 is 5.32 Å². The van der Waals surface area contributed by atoms with Gasteiger partial charge in [-0.2, -0.15) is 0 Å². The van der Waals surface area contributed by atoms with E-state index < -0.39 is 0 Å². The maximum atomic E-state index is 12.1. The third kappa shape index (κ3) is 2.51. The van der Waals surface area contributed by atoms with Crippen molar-refractivity contribution in [3.05, 3.63) is 59.0 Å². The lowest BCUT2D eigenvalue weighted by Gasteiger charge is -2.05. The van der Waals surface area contributed by atoms with Crippen molar-refractivity contribution in [2.75, 3.05) is 5.32 Å². The molecule has 3 rings (SSSR count). The Morgan fingerprint density at radius 1 is 1.21 bits per heavy atom. The van der Waals surface area contributed by atoms with E-state index in [0.29, 0.717) is 11.3 Å². The third-order valence-electron chi connectivity index (χ3n) is 2.80. The van der Waals surface area contributed by atoms with Gasteiger partial charge in [-0.15, -0.1) is 0 Å². The molecule has 0 bridgehead atoms. The first kappa shape index (κ1) is 11.9. The summed E-state index contributed by atoms with van der Waals surface area (Å²) in [6.45, 7) is 0. The number of pyridine rings is 1. The van der Waals surface area contributed by atoms with Crippen LogP contribution in [0.1, 0.15) is 10.4 Å². The van der Waals surface area contributed by atoms with E-state index in [1.807, 2.05) is 24.4 Å². The zero-order valence-electron chi connectivity index (χ0n) is 9.85. The van der Waals surface area contributed by atoms with Crippen molar-refractivity contribution in [1.82, 2.24) is 9.97 Å². The number of aromatic amines is 1. The van der Waals surface area contributed by atoms with Crippen LogP contribution in [-0.2, 0) is 0 Å². The van der Waals surface area contributed by atoms with Crippen molar-refractivity contribution in [2.24, 2.45) is 0 Å². The van der Waals surface area contributed by atoms with Gasteiger partial charge in [-0.3, -0.25) is 4.79 Å². The Bertz CT molecular complexity index is 734. The number of hydrogen-bond acceptors (Lipinski definition) is 2. The molecule has 4 nitrogen and oxygen atoms in total. The van der Waals surface area contributed by atoms with Gasteiger partial charge in [0.1, 0.15) is 4.60 Å². The smallest absolute Gasteiger partial charge is 0.255 e. The minimum Gasteiger partial charge on any atom is -0.361 e. The van der Waals surface area contributed by atoms with E-state index in [-0.39, 0.29) is 5.91 Å². The molecule has 2 aromatic heterocycles. The summed E-state index contributed by atoms with van der Waals surface area (Å²) in [6, 6.07) is 11.1. The van der Waals surface area contributed by atoms with Crippen LogP contribution in [0.2, 0.25) is 0 Å². The zero-order valence-corrected chi connectivity index (χ0v) is 11.4. The van der Waals surface area contributed by atoms with Crippen LogP contribution in [0.4, 0.5) is 5.69 Å². The molecule has 0 aliphatic heterocycles. The number of nitrogens with one attached hydrogen (secondary N) is 2. The molecule has 0 saturated heterocycles. The van der Waals surface area contributed by atoms with Gasteiger partial charge in [0.25, 0.3) is 5.91 Å². The summed E-state index contributed by atoms with van der Waals surface area (Å²) in [5.74, 6) is -0.146. The molecule has 19 heavy (non-hydrogen) atoms. The van der Waals surface area contributed by atoms with Gasteiger partial charge >= 0.3 is 0 Å². The van der Waals surface area contributed by atoms with Crippen molar-refractivity contribution < 1.29 is 4.79 Å². The molecule has 0 fully saturated rings. The van der Waals surface area contributed by atoms with Gasteiger partial charge in [0.05, 0.1) is 11.9 Å². The highest BCUT2D eigenvalue weighted by Crippen LogP contribution is 2.16.